The van der Waals surface area contributed by atoms with Crippen LogP contribution in [-0.2, 0) is 19.1 Å². The summed E-state index contributed by atoms with van der Waals surface area (Å²) in [6.07, 6.45) is 2.34. The molecule has 2 amide bonds. The van der Waals surface area contributed by atoms with Crippen molar-refractivity contribution in [3.63, 3.8) is 0 Å². The van der Waals surface area contributed by atoms with Crippen LogP contribution in [0.1, 0.15) is 18.0 Å². The zero-order valence-electron chi connectivity index (χ0n) is 19.3. The predicted molar refractivity (Wildman–Crippen MR) is 130 cm³/mol. The SMILES string of the molecule is COC(=O)[C@]1(CCSC)N[C@H](c2ccc(N(C)C)cc2)[C@H]2C(=O)N(c3ccccc3)C(=O)[C@@H]21. The maximum atomic E-state index is 13.8. The first-order valence-corrected chi connectivity index (χ1v) is 12.3. The molecule has 2 aromatic rings. The van der Waals surface area contributed by atoms with Crippen molar-refractivity contribution < 1.29 is 19.1 Å². The molecule has 0 unspecified atom stereocenters. The Morgan fingerprint density at radius 3 is 2.33 bits per heavy atom. The molecule has 1 N–H and O–H groups in total. The summed E-state index contributed by atoms with van der Waals surface area (Å²) in [5, 5.41) is 3.42. The Morgan fingerprint density at radius 1 is 1.09 bits per heavy atom. The lowest BCUT2D eigenvalue weighted by Gasteiger charge is -2.32. The van der Waals surface area contributed by atoms with E-state index in [0.717, 1.165) is 11.3 Å². The lowest BCUT2D eigenvalue weighted by atomic mass is 9.78. The molecule has 2 saturated heterocycles. The molecule has 2 aromatic carbocycles. The first-order valence-electron chi connectivity index (χ1n) is 10.9. The number of hydrogen-bond acceptors (Lipinski definition) is 7. The Labute approximate surface area is 198 Å². The highest BCUT2D eigenvalue weighted by Gasteiger charge is 2.68. The van der Waals surface area contributed by atoms with Crippen LogP contribution in [0.25, 0.3) is 0 Å². The van der Waals surface area contributed by atoms with E-state index in [-0.39, 0.29) is 11.8 Å². The van der Waals surface area contributed by atoms with Crippen molar-refractivity contribution in [2.24, 2.45) is 11.8 Å². The number of benzene rings is 2. The summed E-state index contributed by atoms with van der Waals surface area (Å²) in [5.41, 5.74) is 1.13. The summed E-state index contributed by atoms with van der Waals surface area (Å²) in [6.45, 7) is 0. The number of rotatable bonds is 7. The standard InChI is InChI=1S/C25H29N3O4S/c1-27(2)17-12-10-16(11-13-17)21-19-20(25(26-21,14-15-33-4)24(31)32-3)23(30)28(22(19)29)18-8-6-5-7-9-18/h5-13,19-21,26H,14-15H2,1-4H3/t19-,20+,21+,25+/m0/s1. The molecule has 2 aliphatic rings. The molecule has 4 rings (SSSR count). The van der Waals surface area contributed by atoms with E-state index in [0.29, 0.717) is 17.9 Å². The van der Waals surface area contributed by atoms with Crippen molar-refractivity contribution in [1.82, 2.24) is 5.32 Å². The number of anilines is 2. The molecule has 2 fully saturated rings. The zero-order chi connectivity index (χ0) is 23.8. The second-order valence-electron chi connectivity index (χ2n) is 8.66. The zero-order valence-corrected chi connectivity index (χ0v) is 20.1. The molecule has 2 heterocycles. The van der Waals surface area contributed by atoms with E-state index < -0.39 is 29.4 Å². The van der Waals surface area contributed by atoms with E-state index in [2.05, 4.69) is 5.32 Å². The fourth-order valence-corrected chi connectivity index (χ4v) is 5.59. The van der Waals surface area contributed by atoms with Crippen molar-refractivity contribution in [3.05, 3.63) is 60.2 Å². The number of para-hydroxylation sites is 1. The van der Waals surface area contributed by atoms with Crippen LogP contribution in [0.5, 0.6) is 0 Å². The van der Waals surface area contributed by atoms with Crippen molar-refractivity contribution in [2.75, 3.05) is 43.0 Å². The van der Waals surface area contributed by atoms with Crippen molar-refractivity contribution >= 4 is 40.9 Å². The van der Waals surface area contributed by atoms with Gasteiger partial charge in [-0.05, 0) is 48.3 Å². The third kappa shape index (κ3) is 3.81. The molecule has 4 atom stereocenters. The van der Waals surface area contributed by atoms with Gasteiger partial charge in [-0.3, -0.25) is 19.7 Å². The number of amides is 2. The fourth-order valence-electron chi connectivity index (χ4n) is 5.07. The van der Waals surface area contributed by atoms with Gasteiger partial charge in [-0.25, -0.2) is 4.90 Å². The highest BCUT2D eigenvalue weighted by atomic mass is 32.2. The van der Waals surface area contributed by atoms with E-state index in [1.807, 2.05) is 55.6 Å². The third-order valence-electron chi connectivity index (χ3n) is 6.69. The third-order valence-corrected chi connectivity index (χ3v) is 7.30. The molecular weight excluding hydrogens is 438 g/mol. The molecule has 174 valence electrons. The average Bonchev–Trinajstić information content (AvgIpc) is 3.32. The minimum atomic E-state index is -1.27. The van der Waals surface area contributed by atoms with Gasteiger partial charge in [0.15, 0.2) is 0 Å². The van der Waals surface area contributed by atoms with Crippen LogP contribution in [-0.4, -0.2) is 56.5 Å². The molecule has 33 heavy (non-hydrogen) atoms. The highest BCUT2D eigenvalue weighted by molar-refractivity contribution is 7.98. The van der Waals surface area contributed by atoms with Crippen molar-refractivity contribution in [3.8, 4) is 0 Å². The molecule has 0 aliphatic carbocycles. The minimum Gasteiger partial charge on any atom is -0.468 e. The van der Waals surface area contributed by atoms with Crippen LogP contribution in [0, 0.1) is 11.8 Å². The molecule has 0 aromatic heterocycles. The van der Waals surface area contributed by atoms with Crippen LogP contribution in [0.2, 0.25) is 0 Å². The summed E-state index contributed by atoms with van der Waals surface area (Å²) in [4.78, 5) is 43.9. The Hall–Kier alpha value is -2.84. The summed E-state index contributed by atoms with van der Waals surface area (Å²) in [7, 11) is 5.25. The van der Waals surface area contributed by atoms with Gasteiger partial charge < -0.3 is 9.64 Å². The smallest absolute Gasteiger partial charge is 0.326 e. The number of methoxy groups -OCH3 is 1. The van der Waals surface area contributed by atoms with Gasteiger partial charge in [-0.1, -0.05) is 30.3 Å². The maximum Gasteiger partial charge on any atom is 0.326 e. The topological polar surface area (TPSA) is 79.0 Å². The van der Waals surface area contributed by atoms with Gasteiger partial charge in [-0.15, -0.1) is 0 Å². The van der Waals surface area contributed by atoms with Gasteiger partial charge in [0.1, 0.15) is 5.54 Å². The van der Waals surface area contributed by atoms with E-state index in [1.54, 1.807) is 36.0 Å². The number of hydrogen-bond donors (Lipinski definition) is 1. The quantitative estimate of drug-likeness (QED) is 0.496. The lowest BCUT2D eigenvalue weighted by molar-refractivity contribution is -0.152. The number of esters is 1. The van der Waals surface area contributed by atoms with Gasteiger partial charge in [0.05, 0.1) is 24.6 Å². The second kappa shape index (κ2) is 9.19. The van der Waals surface area contributed by atoms with Gasteiger partial charge in [-0.2, -0.15) is 11.8 Å². The molecule has 7 nitrogen and oxygen atoms in total. The van der Waals surface area contributed by atoms with Crippen LogP contribution in [0.15, 0.2) is 54.6 Å². The largest absolute Gasteiger partial charge is 0.468 e. The lowest BCUT2D eigenvalue weighted by Crippen LogP contribution is -2.56. The Kier molecular flexibility index (Phi) is 6.50. The van der Waals surface area contributed by atoms with Gasteiger partial charge in [0, 0.05) is 25.8 Å². The summed E-state index contributed by atoms with van der Waals surface area (Å²) >= 11 is 1.59. The number of ether oxygens (including phenoxy) is 1. The number of thioether (sulfide) groups is 1. The van der Waals surface area contributed by atoms with Crippen LogP contribution < -0.4 is 15.1 Å². The Bertz CT molecular complexity index is 1040. The molecule has 0 bridgehead atoms. The number of carbonyl (C=O) groups is 3. The first kappa shape index (κ1) is 23.3. The number of imide groups is 1. The molecule has 2 aliphatic heterocycles. The summed E-state index contributed by atoms with van der Waals surface area (Å²) in [6, 6.07) is 16.3. The molecular formula is C25H29N3O4S. The van der Waals surface area contributed by atoms with Crippen molar-refractivity contribution in [1.29, 1.82) is 0 Å². The van der Waals surface area contributed by atoms with E-state index >= 15 is 0 Å². The van der Waals surface area contributed by atoms with Crippen LogP contribution >= 0.6 is 11.8 Å². The first-order chi connectivity index (χ1) is 15.9. The highest BCUT2D eigenvalue weighted by Crippen LogP contribution is 2.51. The Balaban J connectivity index is 1.83. The summed E-state index contributed by atoms with van der Waals surface area (Å²) < 4.78 is 5.20. The fraction of sp³-hybridized carbons (Fsp3) is 0.400. The molecule has 8 heteroatoms. The molecule has 0 radical (unpaired) electrons. The van der Waals surface area contributed by atoms with Gasteiger partial charge in [0.2, 0.25) is 11.8 Å². The Morgan fingerprint density at radius 2 is 1.76 bits per heavy atom. The van der Waals surface area contributed by atoms with Crippen LogP contribution in [0.3, 0.4) is 0 Å². The van der Waals surface area contributed by atoms with Crippen LogP contribution in [0.4, 0.5) is 11.4 Å². The van der Waals surface area contributed by atoms with E-state index in [4.69, 9.17) is 4.74 Å². The van der Waals surface area contributed by atoms with Gasteiger partial charge in [0.25, 0.3) is 0 Å². The summed E-state index contributed by atoms with van der Waals surface area (Å²) in [5.74, 6) is -2.06. The average molecular weight is 468 g/mol. The predicted octanol–water partition coefficient (Wildman–Crippen LogP) is 2.87. The normalized spacial score (nSPS) is 26.4. The molecule has 0 spiro atoms. The monoisotopic (exact) mass is 467 g/mol. The second-order valence-corrected chi connectivity index (χ2v) is 9.65. The number of nitrogens with one attached hydrogen (secondary N) is 1. The number of nitrogens with zero attached hydrogens (tertiary/aromatic N) is 2. The maximum absolute atomic E-state index is 13.8. The van der Waals surface area contributed by atoms with E-state index in [9.17, 15) is 14.4 Å². The van der Waals surface area contributed by atoms with Gasteiger partial charge >= 0.3 is 5.97 Å². The van der Waals surface area contributed by atoms with E-state index in [1.165, 1.54) is 12.0 Å². The van der Waals surface area contributed by atoms with Crippen molar-refractivity contribution in [2.45, 2.75) is 18.0 Å². The molecule has 0 saturated carbocycles. The minimum absolute atomic E-state index is 0.291. The number of carbonyl (C=O) groups excluding carboxylic acids is 3. The number of fused-ring (bicyclic) bond motifs is 1.